The molecule has 1 N–H and O–H groups in total. The van der Waals surface area contributed by atoms with Gasteiger partial charge in [-0.2, -0.15) is 5.10 Å². The van der Waals surface area contributed by atoms with Crippen LogP contribution in [0.25, 0.3) is 28.3 Å². The van der Waals surface area contributed by atoms with Crippen LogP contribution in [0.3, 0.4) is 0 Å². The van der Waals surface area contributed by atoms with Gasteiger partial charge in [0.2, 0.25) is 5.91 Å². The Hall–Kier alpha value is -4.37. The summed E-state index contributed by atoms with van der Waals surface area (Å²) in [6.07, 6.45) is 0. The number of aromatic nitrogens is 5. The maximum absolute atomic E-state index is 13.0. The highest BCUT2D eigenvalue weighted by Gasteiger charge is 2.17. The van der Waals surface area contributed by atoms with Crippen molar-refractivity contribution in [3.8, 4) is 34.1 Å². The predicted octanol–water partition coefficient (Wildman–Crippen LogP) is 5.07. The molecule has 0 unspecified atom stereocenters. The van der Waals surface area contributed by atoms with Gasteiger partial charge in [-0.15, -0.1) is 10.2 Å². The average molecular weight is 497 g/mol. The van der Waals surface area contributed by atoms with Crippen LogP contribution >= 0.6 is 11.8 Å². The van der Waals surface area contributed by atoms with Gasteiger partial charge < -0.3 is 14.6 Å². The first-order valence-electron chi connectivity index (χ1n) is 11.3. The molecule has 36 heavy (non-hydrogen) atoms. The molecule has 0 spiro atoms. The van der Waals surface area contributed by atoms with Crippen molar-refractivity contribution < 1.29 is 9.53 Å². The Kier molecular flexibility index (Phi) is 6.81. The van der Waals surface area contributed by atoms with Crippen molar-refractivity contribution in [2.24, 2.45) is 7.05 Å². The number of rotatable bonds is 8. The lowest BCUT2D eigenvalue weighted by Gasteiger charge is -2.09. The molecule has 5 aromatic rings. The van der Waals surface area contributed by atoms with Gasteiger partial charge in [-0.25, -0.2) is 4.68 Å². The molecule has 3 aromatic carbocycles. The molecule has 0 aliphatic rings. The van der Waals surface area contributed by atoms with Gasteiger partial charge >= 0.3 is 0 Å². The summed E-state index contributed by atoms with van der Waals surface area (Å²) in [6.45, 7) is 0. The van der Waals surface area contributed by atoms with Crippen LogP contribution in [0.4, 0.5) is 5.82 Å². The second-order valence-corrected chi connectivity index (χ2v) is 8.87. The number of hydrogen-bond donors (Lipinski definition) is 1. The van der Waals surface area contributed by atoms with Crippen molar-refractivity contribution in [2.45, 2.75) is 5.16 Å². The number of ether oxygens (including phenoxy) is 1. The lowest BCUT2D eigenvalue weighted by molar-refractivity contribution is -0.113. The summed E-state index contributed by atoms with van der Waals surface area (Å²) >= 11 is 1.32. The van der Waals surface area contributed by atoms with Crippen molar-refractivity contribution in [1.82, 2.24) is 24.5 Å². The van der Waals surface area contributed by atoms with Crippen LogP contribution in [0.1, 0.15) is 0 Å². The fourth-order valence-electron chi connectivity index (χ4n) is 3.80. The Morgan fingerprint density at radius 3 is 2.39 bits per heavy atom. The predicted molar refractivity (Wildman–Crippen MR) is 141 cm³/mol. The van der Waals surface area contributed by atoms with Gasteiger partial charge in [0.25, 0.3) is 0 Å². The van der Waals surface area contributed by atoms with Crippen LogP contribution in [0.5, 0.6) is 5.75 Å². The molecule has 0 saturated heterocycles. The number of anilines is 1. The molecule has 8 nitrogen and oxygen atoms in total. The minimum absolute atomic E-state index is 0.165. The summed E-state index contributed by atoms with van der Waals surface area (Å²) in [5, 5.41) is 17.0. The molecule has 180 valence electrons. The summed E-state index contributed by atoms with van der Waals surface area (Å²) in [5.41, 5.74) is 3.45. The molecule has 1 amide bonds. The molecule has 0 aliphatic heterocycles. The maximum atomic E-state index is 13.0. The maximum Gasteiger partial charge on any atom is 0.236 e. The normalized spacial score (nSPS) is 10.8. The lowest BCUT2D eigenvalue weighted by atomic mass is 10.2. The third-order valence-electron chi connectivity index (χ3n) is 5.56. The first-order valence-corrected chi connectivity index (χ1v) is 12.3. The van der Waals surface area contributed by atoms with E-state index < -0.39 is 0 Å². The van der Waals surface area contributed by atoms with E-state index in [0.717, 1.165) is 22.5 Å². The van der Waals surface area contributed by atoms with Crippen molar-refractivity contribution >= 4 is 23.5 Å². The summed E-state index contributed by atoms with van der Waals surface area (Å²) in [6, 6.07) is 29.1. The average Bonchev–Trinajstić information content (AvgIpc) is 3.51. The Morgan fingerprint density at radius 1 is 0.944 bits per heavy atom. The van der Waals surface area contributed by atoms with Crippen molar-refractivity contribution in [1.29, 1.82) is 0 Å². The minimum atomic E-state index is -0.168. The molecule has 0 bridgehead atoms. The number of nitrogens with one attached hydrogen (secondary N) is 1. The van der Waals surface area contributed by atoms with Crippen molar-refractivity contribution in [3.05, 3.63) is 91.0 Å². The summed E-state index contributed by atoms with van der Waals surface area (Å²) in [7, 11) is 3.50. The summed E-state index contributed by atoms with van der Waals surface area (Å²) in [4.78, 5) is 13.0. The van der Waals surface area contributed by atoms with E-state index in [-0.39, 0.29) is 11.7 Å². The van der Waals surface area contributed by atoms with E-state index in [0.29, 0.717) is 22.5 Å². The van der Waals surface area contributed by atoms with E-state index in [9.17, 15) is 4.79 Å². The van der Waals surface area contributed by atoms with Crippen LogP contribution in [-0.4, -0.2) is 43.3 Å². The standard InChI is InChI=1S/C27H24N6O2S/c1-32-26(21-15-9-10-16-23(21)35-2)29-30-27(32)36-18-25(34)28-24-17-22(19-11-5-3-6-12-19)31-33(24)20-13-7-4-8-14-20/h3-17H,18H2,1-2H3,(H,28,34). The second kappa shape index (κ2) is 10.5. The first kappa shape index (κ1) is 23.4. The highest BCUT2D eigenvalue weighted by atomic mass is 32.2. The van der Waals surface area contributed by atoms with E-state index in [4.69, 9.17) is 9.84 Å². The number of nitrogens with zero attached hydrogens (tertiary/aromatic N) is 5. The fourth-order valence-corrected chi connectivity index (χ4v) is 4.51. The van der Waals surface area contributed by atoms with E-state index >= 15 is 0 Å². The number of benzene rings is 3. The number of methoxy groups -OCH3 is 1. The Balaban J connectivity index is 1.34. The quantitative estimate of drug-likeness (QED) is 0.302. The molecular weight excluding hydrogens is 472 g/mol. The largest absolute Gasteiger partial charge is 0.496 e. The van der Waals surface area contributed by atoms with Crippen molar-refractivity contribution in [2.75, 3.05) is 18.2 Å². The van der Waals surface area contributed by atoms with E-state index in [1.807, 2.05) is 103 Å². The number of carbonyl (C=O) groups is 1. The molecule has 2 heterocycles. The highest BCUT2D eigenvalue weighted by Crippen LogP contribution is 2.30. The highest BCUT2D eigenvalue weighted by molar-refractivity contribution is 7.99. The van der Waals surface area contributed by atoms with Gasteiger partial charge in [-0.1, -0.05) is 72.4 Å². The molecule has 9 heteroatoms. The number of hydrogen-bond acceptors (Lipinski definition) is 6. The lowest BCUT2D eigenvalue weighted by Crippen LogP contribution is -2.17. The monoisotopic (exact) mass is 496 g/mol. The molecule has 0 saturated carbocycles. The zero-order valence-electron chi connectivity index (χ0n) is 19.8. The Labute approximate surface area is 213 Å². The van der Waals surface area contributed by atoms with Crippen LogP contribution < -0.4 is 10.1 Å². The smallest absolute Gasteiger partial charge is 0.236 e. The van der Waals surface area contributed by atoms with E-state index in [1.165, 1.54) is 11.8 Å². The Bertz CT molecular complexity index is 1480. The van der Waals surface area contributed by atoms with Gasteiger partial charge in [0.1, 0.15) is 11.6 Å². The molecule has 0 fully saturated rings. The SMILES string of the molecule is COc1ccccc1-c1nnc(SCC(=O)Nc2cc(-c3ccccc3)nn2-c2ccccc2)n1C. The molecule has 0 aliphatic carbocycles. The molecule has 0 atom stereocenters. The molecule has 0 radical (unpaired) electrons. The number of amides is 1. The van der Waals surface area contributed by atoms with Crippen LogP contribution in [0.2, 0.25) is 0 Å². The van der Waals surface area contributed by atoms with Crippen LogP contribution in [0.15, 0.2) is 96.2 Å². The number of thioether (sulfide) groups is 1. The second-order valence-electron chi connectivity index (χ2n) is 7.93. The first-order chi connectivity index (χ1) is 17.6. The van der Waals surface area contributed by atoms with Crippen molar-refractivity contribution in [3.63, 3.8) is 0 Å². The van der Waals surface area contributed by atoms with Gasteiger partial charge in [-0.3, -0.25) is 4.79 Å². The minimum Gasteiger partial charge on any atom is -0.496 e. The van der Waals surface area contributed by atoms with Gasteiger partial charge in [-0.05, 0) is 24.3 Å². The number of carbonyl (C=O) groups excluding carboxylic acids is 1. The third-order valence-corrected chi connectivity index (χ3v) is 6.58. The zero-order chi connectivity index (χ0) is 24.9. The van der Waals surface area contributed by atoms with Gasteiger partial charge in [0, 0.05) is 18.7 Å². The summed E-state index contributed by atoms with van der Waals surface area (Å²) in [5.74, 6) is 1.98. The molecule has 2 aromatic heterocycles. The number of para-hydroxylation sites is 2. The van der Waals surface area contributed by atoms with Gasteiger partial charge in [0.05, 0.1) is 29.8 Å². The van der Waals surface area contributed by atoms with E-state index in [1.54, 1.807) is 11.8 Å². The van der Waals surface area contributed by atoms with Crippen LogP contribution in [-0.2, 0) is 11.8 Å². The topological polar surface area (TPSA) is 86.9 Å². The van der Waals surface area contributed by atoms with Gasteiger partial charge in [0.15, 0.2) is 11.0 Å². The Morgan fingerprint density at radius 2 is 1.64 bits per heavy atom. The summed E-state index contributed by atoms with van der Waals surface area (Å²) < 4.78 is 9.05. The molecular formula is C27H24N6O2S. The fraction of sp³-hybridized carbons (Fsp3) is 0.111. The van der Waals surface area contributed by atoms with E-state index in [2.05, 4.69) is 15.5 Å². The van der Waals surface area contributed by atoms with Crippen LogP contribution in [0, 0.1) is 0 Å². The molecule has 5 rings (SSSR count). The third kappa shape index (κ3) is 4.87. The zero-order valence-corrected chi connectivity index (χ0v) is 20.6.